The summed E-state index contributed by atoms with van der Waals surface area (Å²) in [6.07, 6.45) is 1.46. The van der Waals surface area contributed by atoms with E-state index < -0.39 is 4.92 Å². The highest BCUT2D eigenvalue weighted by atomic mass is 32.2. The zero-order valence-electron chi connectivity index (χ0n) is 16.8. The highest BCUT2D eigenvalue weighted by Gasteiger charge is 2.25. The average molecular weight is 440 g/mol. The zero-order chi connectivity index (χ0) is 21.8. The minimum absolute atomic E-state index is 0.0366. The number of ether oxygens (including phenoxy) is 1. The summed E-state index contributed by atoms with van der Waals surface area (Å²) in [6.45, 7) is 2.98. The Labute approximate surface area is 182 Å². The highest BCUT2D eigenvalue weighted by molar-refractivity contribution is 7.99. The third-order valence-corrected chi connectivity index (χ3v) is 5.76. The number of thioether (sulfide) groups is 1. The lowest BCUT2D eigenvalue weighted by Gasteiger charge is -2.29. The Balaban J connectivity index is 1.51. The van der Waals surface area contributed by atoms with E-state index in [1.54, 1.807) is 21.7 Å². The normalized spacial score (nSPS) is 13.0. The van der Waals surface area contributed by atoms with Crippen molar-refractivity contribution >= 4 is 29.0 Å². The van der Waals surface area contributed by atoms with E-state index in [4.69, 9.17) is 4.74 Å². The quantitative estimate of drug-likeness (QED) is 0.313. The van der Waals surface area contributed by atoms with E-state index in [0.29, 0.717) is 36.2 Å². The van der Waals surface area contributed by atoms with E-state index in [1.165, 1.54) is 17.8 Å². The Morgan fingerprint density at radius 1 is 1.26 bits per heavy atom. The zero-order valence-corrected chi connectivity index (χ0v) is 17.6. The van der Waals surface area contributed by atoms with Gasteiger partial charge in [-0.3, -0.25) is 14.9 Å². The number of rotatable bonds is 7. The molecule has 0 atom stereocenters. The van der Waals surface area contributed by atoms with Crippen LogP contribution in [0.2, 0.25) is 0 Å². The lowest BCUT2D eigenvalue weighted by atomic mass is 10.0. The molecule has 0 aliphatic carbocycles. The minimum Gasteiger partial charge on any atom is -0.492 e. The molecule has 160 valence electrons. The second kappa shape index (κ2) is 9.13. The summed E-state index contributed by atoms with van der Waals surface area (Å²) in [4.78, 5) is 25.3. The number of para-hydroxylation sites is 2. The van der Waals surface area contributed by atoms with Crippen molar-refractivity contribution in [3.05, 3.63) is 58.1 Å². The molecule has 4 rings (SSSR count). The molecule has 1 aliphatic heterocycles. The number of hydrogen-bond acceptors (Lipinski definition) is 8. The molecule has 2 aromatic carbocycles. The topological polar surface area (TPSA) is 116 Å². The van der Waals surface area contributed by atoms with Crippen molar-refractivity contribution in [2.75, 3.05) is 23.8 Å². The third-order valence-electron chi connectivity index (χ3n) is 4.85. The van der Waals surface area contributed by atoms with E-state index in [0.717, 1.165) is 17.7 Å². The maximum absolute atomic E-state index is 13.0. The van der Waals surface area contributed by atoms with Crippen molar-refractivity contribution in [2.45, 2.75) is 24.9 Å². The molecular weight excluding hydrogens is 420 g/mol. The average Bonchev–Trinajstić information content (AvgIpc) is 3.25. The molecule has 11 heteroatoms. The number of tetrazole rings is 1. The molecule has 0 spiro atoms. The number of non-ortho nitro benzene ring substituents is 1. The second-order valence-electron chi connectivity index (χ2n) is 6.78. The first kappa shape index (κ1) is 20.8. The van der Waals surface area contributed by atoms with Gasteiger partial charge < -0.3 is 9.64 Å². The molecule has 0 saturated heterocycles. The van der Waals surface area contributed by atoms with E-state index in [1.807, 2.05) is 31.2 Å². The van der Waals surface area contributed by atoms with Crippen molar-refractivity contribution in [3.63, 3.8) is 0 Å². The summed E-state index contributed by atoms with van der Waals surface area (Å²) in [5, 5.41) is 23.4. The molecular formula is C20H20N6O4S. The van der Waals surface area contributed by atoms with E-state index in [9.17, 15) is 14.9 Å². The van der Waals surface area contributed by atoms with Gasteiger partial charge in [0.15, 0.2) is 0 Å². The number of nitro groups is 1. The van der Waals surface area contributed by atoms with Gasteiger partial charge in [0.1, 0.15) is 11.4 Å². The van der Waals surface area contributed by atoms with Gasteiger partial charge in [-0.1, -0.05) is 23.9 Å². The molecule has 0 saturated carbocycles. The van der Waals surface area contributed by atoms with Crippen LogP contribution in [0.3, 0.4) is 0 Å². The van der Waals surface area contributed by atoms with Crippen LogP contribution in [-0.4, -0.2) is 49.9 Å². The fraction of sp³-hybridized carbons (Fsp3) is 0.300. The summed E-state index contributed by atoms with van der Waals surface area (Å²) in [6, 6.07) is 12.1. The standard InChI is InChI=1S/C20H20N6O4S/c1-2-30-18-8-4-3-7-17(18)25-20(21-22-23-25)31-13-19(27)24-11-5-6-14-12-15(26(28)29)9-10-16(14)24/h3-4,7-10,12H,2,5-6,11,13H2,1H3. The fourth-order valence-corrected chi connectivity index (χ4v) is 4.25. The number of carbonyl (C=O) groups excluding carboxylic acids is 1. The summed E-state index contributed by atoms with van der Waals surface area (Å²) >= 11 is 1.23. The van der Waals surface area contributed by atoms with Crippen molar-refractivity contribution < 1.29 is 14.5 Å². The SMILES string of the molecule is CCOc1ccccc1-n1nnnc1SCC(=O)N1CCCc2cc([N+](=O)[O-])ccc21. The monoisotopic (exact) mass is 440 g/mol. The van der Waals surface area contributed by atoms with Gasteiger partial charge in [-0.25, -0.2) is 0 Å². The largest absolute Gasteiger partial charge is 0.492 e. The van der Waals surface area contributed by atoms with Crippen LogP contribution in [-0.2, 0) is 11.2 Å². The van der Waals surface area contributed by atoms with Gasteiger partial charge in [0.2, 0.25) is 11.1 Å². The Kier molecular flexibility index (Phi) is 6.12. The number of hydrogen-bond donors (Lipinski definition) is 0. The Hall–Kier alpha value is -3.47. The summed E-state index contributed by atoms with van der Waals surface area (Å²) < 4.78 is 7.21. The number of amides is 1. The Morgan fingerprint density at radius 3 is 2.90 bits per heavy atom. The van der Waals surface area contributed by atoms with Crippen LogP contribution in [0, 0.1) is 10.1 Å². The molecule has 2 heterocycles. The van der Waals surface area contributed by atoms with Crippen LogP contribution in [0.15, 0.2) is 47.6 Å². The van der Waals surface area contributed by atoms with E-state index in [-0.39, 0.29) is 17.3 Å². The van der Waals surface area contributed by atoms with Gasteiger partial charge in [-0.2, -0.15) is 4.68 Å². The number of aryl methyl sites for hydroxylation is 1. The predicted molar refractivity (Wildman–Crippen MR) is 115 cm³/mol. The highest BCUT2D eigenvalue weighted by Crippen LogP contribution is 2.32. The summed E-state index contributed by atoms with van der Waals surface area (Å²) in [7, 11) is 0. The smallest absolute Gasteiger partial charge is 0.269 e. The molecule has 0 radical (unpaired) electrons. The lowest BCUT2D eigenvalue weighted by Crippen LogP contribution is -2.36. The first-order valence-corrected chi connectivity index (χ1v) is 10.8. The van der Waals surface area contributed by atoms with Crippen LogP contribution in [0.5, 0.6) is 5.75 Å². The van der Waals surface area contributed by atoms with Gasteiger partial charge in [-0.15, -0.1) is 5.10 Å². The maximum atomic E-state index is 13.0. The van der Waals surface area contributed by atoms with Gasteiger partial charge in [-0.05, 0) is 54.0 Å². The molecule has 1 aliphatic rings. The third kappa shape index (κ3) is 4.36. The minimum atomic E-state index is -0.420. The molecule has 31 heavy (non-hydrogen) atoms. The van der Waals surface area contributed by atoms with Crippen molar-refractivity contribution in [1.82, 2.24) is 20.2 Å². The summed E-state index contributed by atoms with van der Waals surface area (Å²) in [5.74, 6) is 0.678. The van der Waals surface area contributed by atoms with Crippen LogP contribution < -0.4 is 9.64 Å². The van der Waals surface area contributed by atoms with E-state index >= 15 is 0 Å². The van der Waals surface area contributed by atoms with Crippen LogP contribution in [0.1, 0.15) is 18.9 Å². The van der Waals surface area contributed by atoms with Crippen molar-refractivity contribution in [1.29, 1.82) is 0 Å². The molecule has 1 aromatic heterocycles. The number of nitro benzene ring substituents is 1. The number of fused-ring (bicyclic) bond motifs is 1. The molecule has 0 fully saturated rings. The van der Waals surface area contributed by atoms with Crippen molar-refractivity contribution in [3.8, 4) is 11.4 Å². The molecule has 0 N–H and O–H groups in total. The van der Waals surface area contributed by atoms with Gasteiger partial charge in [0.05, 0.1) is 17.3 Å². The summed E-state index contributed by atoms with van der Waals surface area (Å²) in [5.41, 5.74) is 2.27. The van der Waals surface area contributed by atoms with Crippen molar-refractivity contribution in [2.24, 2.45) is 0 Å². The van der Waals surface area contributed by atoms with Crippen LogP contribution >= 0.6 is 11.8 Å². The lowest BCUT2D eigenvalue weighted by molar-refractivity contribution is -0.384. The van der Waals surface area contributed by atoms with Crippen LogP contribution in [0.25, 0.3) is 5.69 Å². The molecule has 0 bridgehead atoms. The molecule has 1 amide bonds. The predicted octanol–water partition coefficient (Wildman–Crippen LogP) is 3.04. The fourth-order valence-electron chi connectivity index (χ4n) is 3.49. The maximum Gasteiger partial charge on any atom is 0.269 e. The first-order valence-electron chi connectivity index (χ1n) is 9.79. The first-order chi connectivity index (χ1) is 15.1. The van der Waals surface area contributed by atoms with Gasteiger partial charge in [0.25, 0.3) is 5.69 Å². The second-order valence-corrected chi connectivity index (χ2v) is 7.72. The Morgan fingerprint density at radius 2 is 2.10 bits per heavy atom. The van der Waals surface area contributed by atoms with Gasteiger partial charge in [0, 0.05) is 24.4 Å². The molecule has 3 aromatic rings. The van der Waals surface area contributed by atoms with Gasteiger partial charge >= 0.3 is 0 Å². The number of nitrogens with zero attached hydrogens (tertiary/aromatic N) is 6. The number of aromatic nitrogens is 4. The number of anilines is 1. The number of benzene rings is 2. The number of carbonyl (C=O) groups is 1. The Bertz CT molecular complexity index is 1120. The molecule has 0 unspecified atom stereocenters. The van der Waals surface area contributed by atoms with E-state index in [2.05, 4.69) is 15.5 Å². The van der Waals surface area contributed by atoms with Crippen LogP contribution in [0.4, 0.5) is 11.4 Å². The molecule has 10 nitrogen and oxygen atoms in total.